The minimum atomic E-state index is -0.101. The number of carbonyl (C=O) groups is 2. The first-order chi connectivity index (χ1) is 15.2. The van der Waals surface area contributed by atoms with E-state index in [9.17, 15) is 9.59 Å². The van der Waals surface area contributed by atoms with Gasteiger partial charge in [0.15, 0.2) is 0 Å². The van der Waals surface area contributed by atoms with E-state index >= 15 is 0 Å². The van der Waals surface area contributed by atoms with Gasteiger partial charge in [-0.2, -0.15) is 0 Å². The predicted octanol–water partition coefficient (Wildman–Crippen LogP) is 3.22. The molecule has 1 aromatic carbocycles. The Hall–Kier alpha value is -2.87. The maximum absolute atomic E-state index is 13.3. The van der Waals surface area contributed by atoms with Crippen molar-refractivity contribution in [2.75, 3.05) is 44.2 Å². The minimum Gasteiger partial charge on any atom is -0.341 e. The molecule has 2 fully saturated rings. The van der Waals surface area contributed by atoms with E-state index in [1.807, 2.05) is 51.6 Å². The molecule has 2 saturated heterocycles. The molecule has 0 saturated carbocycles. The maximum Gasteiger partial charge on any atom is 0.263 e. The molecule has 0 bridgehead atoms. The monoisotopic (exact) mass is 437 g/mol. The Labute approximate surface area is 185 Å². The largest absolute Gasteiger partial charge is 0.341 e. The number of thiophene rings is 1. The van der Waals surface area contributed by atoms with Crippen LogP contribution in [0.2, 0.25) is 0 Å². The van der Waals surface area contributed by atoms with Gasteiger partial charge in [-0.05, 0) is 42.8 Å². The van der Waals surface area contributed by atoms with Crippen LogP contribution in [0.3, 0.4) is 0 Å². The quantitative estimate of drug-likeness (QED) is 0.683. The fourth-order valence-electron chi connectivity index (χ4n) is 4.62. The number of anilines is 1. The number of hydrogen-bond acceptors (Lipinski definition) is 5. The van der Waals surface area contributed by atoms with Crippen molar-refractivity contribution in [3.05, 3.63) is 46.7 Å². The number of nitrogens with one attached hydrogen (secondary N) is 1. The van der Waals surface area contributed by atoms with Crippen molar-refractivity contribution in [3.63, 3.8) is 0 Å². The van der Waals surface area contributed by atoms with Crippen LogP contribution in [0.5, 0.6) is 0 Å². The summed E-state index contributed by atoms with van der Waals surface area (Å²) in [6.07, 6.45) is 2.65. The number of amides is 2. The lowest BCUT2D eigenvalue weighted by atomic mass is 9.96. The van der Waals surface area contributed by atoms with Crippen LogP contribution >= 0.6 is 11.3 Å². The van der Waals surface area contributed by atoms with Gasteiger partial charge in [0.25, 0.3) is 5.91 Å². The highest BCUT2D eigenvalue weighted by Gasteiger charge is 2.32. The number of fused-ring (bicyclic) bond motifs is 1. The Balaban J connectivity index is 1.22. The fraction of sp³-hybridized carbons (Fsp3) is 0.435. The van der Waals surface area contributed by atoms with Crippen LogP contribution in [0, 0.1) is 5.92 Å². The van der Waals surface area contributed by atoms with E-state index in [4.69, 9.17) is 4.98 Å². The van der Waals surface area contributed by atoms with Crippen LogP contribution in [-0.4, -0.2) is 70.9 Å². The molecule has 1 atom stereocenters. The number of nitrogens with zero attached hydrogens (tertiary/aromatic N) is 4. The zero-order valence-corrected chi connectivity index (χ0v) is 18.3. The van der Waals surface area contributed by atoms with Crippen molar-refractivity contribution < 1.29 is 9.59 Å². The van der Waals surface area contributed by atoms with Crippen LogP contribution in [0.1, 0.15) is 28.9 Å². The third-order valence-electron chi connectivity index (χ3n) is 6.27. The van der Waals surface area contributed by atoms with Crippen LogP contribution in [0.15, 0.2) is 41.8 Å². The summed E-state index contributed by atoms with van der Waals surface area (Å²) in [5.74, 6) is 1.02. The first-order valence-corrected chi connectivity index (χ1v) is 11.9. The highest BCUT2D eigenvalue weighted by atomic mass is 32.1. The number of benzene rings is 1. The zero-order valence-electron chi connectivity index (χ0n) is 17.5. The molecule has 2 amide bonds. The van der Waals surface area contributed by atoms with E-state index in [-0.39, 0.29) is 17.7 Å². The molecular formula is C23H27N5O2S. The van der Waals surface area contributed by atoms with Crippen molar-refractivity contribution in [2.24, 2.45) is 5.92 Å². The first-order valence-electron chi connectivity index (χ1n) is 11.0. The number of likely N-dealkylation sites (tertiary alicyclic amines) is 1. The van der Waals surface area contributed by atoms with E-state index in [1.54, 1.807) is 0 Å². The maximum atomic E-state index is 13.3. The number of aromatic amines is 1. The van der Waals surface area contributed by atoms with Crippen molar-refractivity contribution in [3.8, 4) is 0 Å². The van der Waals surface area contributed by atoms with Crippen molar-refractivity contribution in [1.29, 1.82) is 0 Å². The highest BCUT2D eigenvalue weighted by molar-refractivity contribution is 7.12. The predicted molar refractivity (Wildman–Crippen MR) is 122 cm³/mol. The fourth-order valence-corrected chi connectivity index (χ4v) is 5.31. The molecule has 1 N–H and O–H groups in total. The molecule has 31 heavy (non-hydrogen) atoms. The molecule has 2 aliphatic rings. The molecule has 5 rings (SSSR count). The van der Waals surface area contributed by atoms with Crippen molar-refractivity contribution in [1.82, 2.24) is 19.8 Å². The van der Waals surface area contributed by atoms with Gasteiger partial charge in [-0.25, -0.2) is 4.98 Å². The van der Waals surface area contributed by atoms with Gasteiger partial charge in [-0.3, -0.25) is 9.59 Å². The third kappa shape index (κ3) is 4.17. The summed E-state index contributed by atoms with van der Waals surface area (Å²) in [5, 5.41) is 1.92. The van der Waals surface area contributed by atoms with Gasteiger partial charge < -0.3 is 19.7 Å². The standard InChI is InChI=1S/C23H27N5O2S/c29-21(17-6-3-10-28(16-17)22(30)20-9-4-15-31-20)26-11-5-12-27(14-13-26)23-24-18-7-1-2-8-19(18)25-23/h1-2,4,7-9,15,17H,3,5-6,10-14,16H2,(H,24,25)/t17-/m0/s1. The first kappa shape index (κ1) is 20.1. The van der Waals surface area contributed by atoms with Gasteiger partial charge in [-0.15, -0.1) is 11.3 Å². The highest BCUT2D eigenvalue weighted by Crippen LogP contribution is 2.24. The molecule has 2 aromatic heterocycles. The van der Waals surface area contributed by atoms with E-state index < -0.39 is 0 Å². The number of piperidine rings is 1. The molecule has 0 spiro atoms. The molecule has 7 nitrogen and oxygen atoms in total. The molecule has 0 radical (unpaired) electrons. The molecule has 8 heteroatoms. The number of imidazole rings is 1. The SMILES string of the molecule is O=C(c1cccs1)N1CCC[C@H](C(=O)N2CCCN(c3nc4ccccc4[nH]3)CC2)C1. The number of hydrogen-bond donors (Lipinski definition) is 1. The third-order valence-corrected chi connectivity index (χ3v) is 7.13. The number of aromatic nitrogens is 2. The van der Waals surface area contributed by atoms with Gasteiger partial charge in [-0.1, -0.05) is 18.2 Å². The Morgan fingerprint density at radius 1 is 0.968 bits per heavy atom. The normalized spacial score (nSPS) is 20.1. The molecule has 0 unspecified atom stereocenters. The number of carbonyl (C=O) groups excluding carboxylic acids is 2. The Kier molecular flexibility index (Phi) is 5.63. The lowest BCUT2D eigenvalue weighted by Gasteiger charge is -2.34. The summed E-state index contributed by atoms with van der Waals surface area (Å²) in [7, 11) is 0. The Morgan fingerprint density at radius 3 is 2.68 bits per heavy atom. The molecule has 3 aromatic rings. The van der Waals surface area contributed by atoms with Gasteiger partial charge in [0.2, 0.25) is 11.9 Å². The summed E-state index contributed by atoms with van der Waals surface area (Å²) in [6, 6.07) is 11.8. The average molecular weight is 438 g/mol. The van der Waals surface area contributed by atoms with Gasteiger partial charge >= 0.3 is 0 Å². The second-order valence-electron chi connectivity index (χ2n) is 8.31. The van der Waals surface area contributed by atoms with Crippen LogP contribution in [0.4, 0.5) is 5.95 Å². The van der Waals surface area contributed by atoms with Gasteiger partial charge in [0, 0.05) is 39.3 Å². The summed E-state index contributed by atoms with van der Waals surface area (Å²) >= 11 is 1.46. The number of rotatable bonds is 3. The average Bonchev–Trinajstić information content (AvgIpc) is 3.43. The summed E-state index contributed by atoms with van der Waals surface area (Å²) in [5.41, 5.74) is 2.00. The molecule has 162 valence electrons. The van der Waals surface area contributed by atoms with E-state index in [2.05, 4.69) is 9.88 Å². The van der Waals surface area contributed by atoms with Gasteiger partial charge in [0.1, 0.15) is 0 Å². The molecule has 4 heterocycles. The number of H-pyrrole nitrogens is 1. The topological polar surface area (TPSA) is 72.5 Å². The summed E-state index contributed by atoms with van der Waals surface area (Å²) in [6.45, 7) is 4.34. The van der Waals surface area contributed by atoms with E-state index in [1.165, 1.54) is 11.3 Å². The minimum absolute atomic E-state index is 0.0550. The molecule has 2 aliphatic heterocycles. The van der Waals surface area contributed by atoms with Crippen LogP contribution < -0.4 is 4.90 Å². The molecule has 0 aliphatic carbocycles. The summed E-state index contributed by atoms with van der Waals surface area (Å²) in [4.78, 5) is 41.0. The van der Waals surface area contributed by atoms with Gasteiger partial charge in [0.05, 0.1) is 21.8 Å². The lowest BCUT2D eigenvalue weighted by Crippen LogP contribution is -2.47. The molecular weight excluding hydrogens is 410 g/mol. The lowest BCUT2D eigenvalue weighted by molar-refractivity contribution is -0.136. The zero-order chi connectivity index (χ0) is 21.2. The second-order valence-corrected chi connectivity index (χ2v) is 9.26. The second kappa shape index (κ2) is 8.70. The van der Waals surface area contributed by atoms with E-state index in [0.717, 1.165) is 67.3 Å². The van der Waals surface area contributed by atoms with Crippen molar-refractivity contribution in [2.45, 2.75) is 19.3 Å². The van der Waals surface area contributed by atoms with E-state index in [0.29, 0.717) is 13.1 Å². The van der Waals surface area contributed by atoms with Crippen molar-refractivity contribution >= 4 is 40.1 Å². The smallest absolute Gasteiger partial charge is 0.263 e. The Morgan fingerprint density at radius 2 is 1.84 bits per heavy atom. The number of para-hydroxylation sites is 2. The van der Waals surface area contributed by atoms with Crippen LogP contribution in [0.25, 0.3) is 11.0 Å². The van der Waals surface area contributed by atoms with Crippen LogP contribution in [-0.2, 0) is 4.79 Å². The summed E-state index contributed by atoms with van der Waals surface area (Å²) < 4.78 is 0. The Bertz CT molecular complexity index is 1030.